The minimum Gasteiger partial charge on any atom is -0.508 e. The fourth-order valence-electron chi connectivity index (χ4n) is 4.58. The number of aliphatic carboxylic acids is 3. The highest BCUT2D eigenvalue weighted by Crippen LogP contribution is 2.13. The number of carboxylic acid groups (broad SMARTS) is 3. The van der Waals surface area contributed by atoms with E-state index in [1.54, 1.807) is 13.8 Å². The van der Waals surface area contributed by atoms with Gasteiger partial charge in [0.15, 0.2) is 0 Å². The first-order chi connectivity index (χ1) is 23.6. The number of amides is 5. The predicted molar refractivity (Wildman–Crippen MR) is 178 cm³/mol. The zero-order valence-electron chi connectivity index (χ0n) is 28.9. The van der Waals surface area contributed by atoms with Crippen molar-refractivity contribution < 1.29 is 63.9 Å². The number of carbonyl (C=O) groups excluding carboxylic acids is 5. The SMILES string of the molecule is CC(C)C(NC(=O)C(CC(=O)O)NC(=O)C(NC(=O)C(N)C(C)O)C(C)C)C(=O)NC(CCC(=O)O)C(=O)NC(Cc1ccc(O)cc1)C(=O)O. The Hall–Kier alpha value is -5.30. The lowest BCUT2D eigenvalue weighted by Crippen LogP contribution is -2.61. The van der Waals surface area contributed by atoms with Gasteiger partial charge in [-0.25, -0.2) is 4.79 Å². The smallest absolute Gasteiger partial charge is 0.326 e. The predicted octanol–water partition coefficient (Wildman–Crippen LogP) is -2.20. The molecule has 0 radical (unpaired) electrons. The fraction of sp³-hybridized carbons (Fsp3) is 0.562. The summed E-state index contributed by atoms with van der Waals surface area (Å²) in [5.41, 5.74) is 6.07. The van der Waals surface area contributed by atoms with Gasteiger partial charge in [0.05, 0.1) is 12.5 Å². The van der Waals surface area contributed by atoms with E-state index in [0.29, 0.717) is 5.56 Å². The van der Waals surface area contributed by atoms with Gasteiger partial charge in [0.2, 0.25) is 29.5 Å². The first-order valence-corrected chi connectivity index (χ1v) is 16.0. The molecule has 0 aliphatic heterocycles. The number of carbonyl (C=O) groups is 8. The van der Waals surface area contributed by atoms with Crippen LogP contribution in [-0.2, 0) is 44.8 Å². The molecule has 284 valence electrons. The normalized spacial score (nSPS) is 15.2. The molecule has 0 saturated carbocycles. The van der Waals surface area contributed by atoms with E-state index in [1.807, 2.05) is 0 Å². The number of phenolic OH excluding ortho intramolecular Hbond substituents is 1. The summed E-state index contributed by atoms with van der Waals surface area (Å²) in [6.07, 6.45) is -3.52. The molecule has 7 atom stereocenters. The molecule has 0 fully saturated rings. The van der Waals surface area contributed by atoms with Gasteiger partial charge in [0.1, 0.15) is 42.0 Å². The maximum atomic E-state index is 13.5. The molecule has 5 amide bonds. The number of phenols is 1. The summed E-state index contributed by atoms with van der Waals surface area (Å²) in [6, 6.07) is -3.56. The largest absolute Gasteiger partial charge is 0.508 e. The Morgan fingerprint density at radius 2 is 1.08 bits per heavy atom. The summed E-state index contributed by atoms with van der Waals surface area (Å²) in [4.78, 5) is 100. The lowest BCUT2D eigenvalue weighted by atomic mass is 10.00. The van der Waals surface area contributed by atoms with E-state index in [9.17, 15) is 63.9 Å². The molecule has 1 aromatic rings. The van der Waals surface area contributed by atoms with E-state index < -0.39 is 121 Å². The number of hydrogen-bond donors (Lipinski definition) is 11. The van der Waals surface area contributed by atoms with Crippen molar-refractivity contribution in [2.75, 3.05) is 0 Å². The number of nitrogens with two attached hydrogens (primary N) is 1. The summed E-state index contributed by atoms with van der Waals surface area (Å²) in [5, 5.41) is 59.0. The average Bonchev–Trinajstić information content (AvgIpc) is 3.02. The van der Waals surface area contributed by atoms with Gasteiger partial charge in [-0.1, -0.05) is 39.8 Å². The molecule has 1 aromatic carbocycles. The number of nitrogens with one attached hydrogen (secondary N) is 5. The fourth-order valence-corrected chi connectivity index (χ4v) is 4.58. The summed E-state index contributed by atoms with van der Waals surface area (Å²) >= 11 is 0. The maximum absolute atomic E-state index is 13.5. The van der Waals surface area contributed by atoms with Crippen LogP contribution in [0.2, 0.25) is 0 Å². The van der Waals surface area contributed by atoms with E-state index in [2.05, 4.69) is 26.6 Å². The van der Waals surface area contributed by atoms with Crippen molar-refractivity contribution in [3.8, 4) is 5.75 Å². The van der Waals surface area contributed by atoms with Crippen LogP contribution < -0.4 is 32.3 Å². The van der Waals surface area contributed by atoms with Gasteiger partial charge in [-0.15, -0.1) is 0 Å². The Bertz CT molecular complexity index is 1420. The van der Waals surface area contributed by atoms with Crippen LogP contribution in [0, 0.1) is 11.8 Å². The van der Waals surface area contributed by atoms with Crippen LogP contribution in [-0.4, -0.2) is 115 Å². The van der Waals surface area contributed by atoms with E-state index in [0.717, 1.165) is 0 Å². The Morgan fingerprint density at radius 3 is 1.51 bits per heavy atom. The molecule has 0 spiro atoms. The molecule has 0 aromatic heterocycles. The van der Waals surface area contributed by atoms with Crippen molar-refractivity contribution in [3.63, 3.8) is 0 Å². The highest BCUT2D eigenvalue weighted by Gasteiger charge is 2.35. The summed E-state index contributed by atoms with van der Waals surface area (Å²) in [5.74, 6) is -10.7. The number of aliphatic hydroxyl groups excluding tert-OH is 1. The van der Waals surface area contributed by atoms with E-state index in [4.69, 9.17) is 5.73 Å². The zero-order chi connectivity index (χ0) is 39.2. The highest BCUT2D eigenvalue weighted by molar-refractivity contribution is 5.97. The zero-order valence-corrected chi connectivity index (χ0v) is 28.9. The van der Waals surface area contributed by atoms with Crippen molar-refractivity contribution in [3.05, 3.63) is 29.8 Å². The molecule has 19 nitrogen and oxygen atoms in total. The van der Waals surface area contributed by atoms with Crippen LogP contribution >= 0.6 is 0 Å². The number of hydrogen-bond acceptors (Lipinski definition) is 11. The summed E-state index contributed by atoms with van der Waals surface area (Å²) in [6.45, 7) is 7.35. The number of rotatable bonds is 21. The monoisotopic (exact) mass is 724 g/mol. The van der Waals surface area contributed by atoms with Crippen LogP contribution in [0.25, 0.3) is 0 Å². The number of benzene rings is 1. The lowest BCUT2D eigenvalue weighted by Gasteiger charge is -2.29. The molecular formula is C32H48N6O13. The third-order valence-corrected chi connectivity index (χ3v) is 7.60. The van der Waals surface area contributed by atoms with E-state index in [1.165, 1.54) is 45.0 Å². The molecule has 0 aliphatic carbocycles. The lowest BCUT2D eigenvalue weighted by molar-refractivity contribution is -0.143. The Balaban J connectivity index is 3.22. The second-order valence-electron chi connectivity index (χ2n) is 12.6. The number of carboxylic acids is 3. The van der Waals surface area contributed by atoms with Crippen molar-refractivity contribution in [1.29, 1.82) is 0 Å². The highest BCUT2D eigenvalue weighted by atomic mass is 16.4. The average molecular weight is 725 g/mol. The number of aromatic hydroxyl groups is 1. The Morgan fingerprint density at radius 1 is 0.627 bits per heavy atom. The van der Waals surface area contributed by atoms with E-state index in [-0.39, 0.29) is 12.2 Å². The Labute approximate surface area is 293 Å². The van der Waals surface area contributed by atoms with E-state index >= 15 is 0 Å². The minimum absolute atomic E-state index is 0.0723. The van der Waals surface area contributed by atoms with Crippen molar-refractivity contribution in [2.24, 2.45) is 17.6 Å². The molecule has 7 unspecified atom stereocenters. The number of aliphatic hydroxyl groups is 1. The Kier molecular flexibility index (Phi) is 17.5. The van der Waals surface area contributed by atoms with Crippen molar-refractivity contribution in [2.45, 2.75) is 103 Å². The molecule has 0 aliphatic rings. The van der Waals surface area contributed by atoms with Gasteiger partial charge in [0, 0.05) is 12.8 Å². The van der Waals surface area contributed by atoms with Crippen molar-refractivity contribution >= 4 is 47.4 Å². The molecule has 19 heteroatoms. The molecule has 0 heterocycles. The maximum Gasteiger partial charge on any atom is 0.326 e. The third-order valence-electron chi connectivity index (χ3n) is 7.60. The van der Waals surface area contributed by atoms with Gasteiger partial charge in [-0.3, -0.25) is 33.6 Å². The van der Waals surface area contributed by atoms with Crippen molar-refractivity contribution in [1.82, 2.24) is 26.6 Å². The molecule has 0 bridgehead atoms. The van der Waals surface area contributed by atoms with Gasteiger partial charge < -0.3 is 57.9 Å². The van der Waals surface area contributed by atoms with Gasteiger partial charge in [0.25, 0.3) is 0 Å². The van der Waals surface area contributed by atoms with Crippen LogP contribution in [0.5, 0.6) is 5.75 Å². The molecular weight excluding hydrogens is 676 g/mol. The molecule has 1 rings (SSSR count). The molecule has 51 heavy (non-hydrogen) atoms. The third kappa shape index (κ3) is 15.0. The molecule has 12 N–H and O–H groups in total. The van der Waals surface area contributed by atoms with Gasteiger partial charge in [-0.05, 0) is 42.9 Å². The topological polar surface area (TPSA) is 324 Å². The standard InChI is InChI=1S/C32H48N6O13/c1-14(2)25(37-28(46)20(13-23(43)44)35-31(49)26(15(3)4)38-29(47)24(33)16(5)39)30(48)34-19(10-11-22(41)42)27(45)36-21(32(50)51)12-17-6-8-18(40)9-7-17/h6-9,14-16,19-21,24-26,39-40H,10-13,33H2,1-5H3,(H,34,48)(H,35,49)(H,36,45)(H,37,46)(H,38,47)(H,41,42)(H,43,44)(H,50,51). The second-order valence-corrected chi connectivity index (χ2v) is 12.6. The van der Waals surface area contributed by atoms with Crippen LogP contribution in [0.1, 0.15) is 59.4 Å². The first-order valence-electron chi connectivity index (χ1n) is 16.0. The van der Waals surface area contributed by atoms with Gasteiger partial charge in [-0.2, -0.15) is 0 Å². The van der Waals surface area contributed by atoms with Gasteiger partial charge >= 0.3 is 17.9 Å². The second kappa shape index (κ2) is 20.4. The molecule has 0 saturated heterocycles. The first kappa shape index (κ1) is 43.7. The van der Waals surface area contributed by atoms with Crippen LogP contribution in [0.3, 0.4) is 0 Å². The summed E-state index contributed by atoms with van der Waals surface area (Å²) in [7, 11) is 0. The minimum atomic E-state index is -1.77. The summed E-state index contributed by atoms with van der Waals surface area (Å²) < 4.78 is 0. The van der Waals surface area contributed by atoms with Crippen LogP contribution in [0.15, 0.2) is 24.3 Å². The quantitative estimate of drug-likeness (QED) is 0.0641. The van der Waals surface area contributed by atoms with Crippen LogP contribution in [0.4, 0.5) is 0 Å².